The van der Waals surface area contributed by atoms with Gasteiger partial charge in [0.05, 0.1) is 12.4 Å². The number of nitrogens with one attached hydrogen (secondary N) is 1. The number of hydrogen-bond acceptors (Lipinski definition) is 5. The Labute approximate surface area is 165 Å². The number of amides is 1. The van der Waals surface area contributed by atoms with Gasteiger partial charge < -0.3 is 10.2 Å². The van der Waals surface area contributed by atoms with Crippen molar-refractivity contribution < 1.29 is 13.2 Å². The first-order valence-corrected chi connectivity index (χ1v) is 11.1. The first kappa shape index (κ1) is 18.9. The second-order valence-corrected chi connectivity index (χ2v) is 9.33. The van der Waals surface area contributed by atoms with Crippen LogP contribution in [0.15, 0.2) is 54.7 Å². The number of benzene rings is 1. The van der Waals surface area contributed by atoms with Crippen molar-refractivity contribution in [1.82, 2.24) is 14.6 Å². The molecule has 28 heavy (non-hydrogen) atoms. The topological polar surface area (TPSA) is 82.6 Å². The molecule has 7 nitrogen and oxygen atoms in total. The van der Waals surface area contributed by atoms with Crippen LogP contribution >= 0.6 is 0 Å². The molecule has 2 aromatic rings. The van der Waals surface area contributed by atoms with Gasteiger partial charge in [-0.25, -0.2) is 12.7 Å². The number of nitrogens with zero attached hydrogens (tertiary/aromatic N) is 3. The summed E-state index contributed by atoms with van der Waals surface area (Å²) in [5, 5.41) is 2.94. The van der Waals surface area contributed by atoms with Crippen molar-refractivity contribution in [2.45, 2.75) is 24.8 Å². The van der Waals surface area contributed by atoms with E-state index < -0.39 is 15.6 Å². The van der Waals surface area contributed by atoms with Crippen LogP contribution in [0.3, 0.4) is 0 Å². The fourth-order valence-electron chi connectivity index (χ4n) is 4.08. The molecule has 1 aromatic heterocycles. The Bertz CT molecular complexity index is 926. The molecule has 2 aliphatic heterocycles. The van der Waals surface area contributed by atoms with Crippen LogP contribution in [0.1, 0.15) is 18.5 Å². The average Bonchev–Trinajstić information content (AvgIpc) is 3.04. The smallest absolute Gasteiger partial charge is 0.247 e. The van der Waals surface area contributed by atoms with Crippen molar-refractivity contribution in [2.24, 2.45) is 0 Å². The van der Waals surface area contributed by atoms with Crippen molar-refractivity contribution in [3.63, 3.8) is 0 Å². The molecule has 0 aliphatic carbocycles. The van der Waals surface area contributed by atoms with Gasteiger partial charge in [0.15, 0.2) is 0 Å². The van der Waals surface area contributed by atoms with E-state index in [1.807, 2.05) is 48.5 Å². The van der Waals surface area contributed by atoms with E-state index in [0.717, 1.165) is 11.4 Å². The number of aromatic nitrogens is 1. The Morgan fingerprint density at radius 3 is 2.43 bits per heavy atom. The molecule has 4 rings (SSSR count). The van der Waals surface area contributed by atoms with Crippen LogP contribution in [-0.2, 0) is 21.2 Å². The molecular weight excluding hydrogens is 376 g/mol. The number of anilines is 1. The predicted molar refractivity (Wildman–Crippen MR) is 107 cm³/mol. The zero-order valence-electron chi connectivity index (χ0n) is 15.6. The average molecular weight is 401 g/mol. The first-order chi connectivity index (χ1) is 13.5. The Balaban J connectivity index is 1.45. The molecule has 3 heterocycles. The van der Waals surface area contributed by atoms with Crippen LogP contribution in [0.4, 0.5) is 5.69 Å². The molecule has 1 N–H and O–H groups in total. The van der Waals surface area contributed by atoms with Gasteiger partial charge in [0.2, 0.25) is 15.9 Å². The van der Waals surface area contributed by atoms with E-state index in [1.54, 1.807) is 6.20 Å². The Morgan fingerprint density at radius 2 is 1.75 bits per heavy atom. The fraction of sp³-hybridized carbons (Fsp3) is 0.400. The minimum atomic E-state index is -3.38. The molecule has 1 spiro atoms. The van der Waals surface area contributed by atoms with Gasteiger partial charge in [-0.15, -0.1) is 0 Å². The van der Waals surface area contributed by atoms with Crippen LogP contribution in [-0.4, -0.2) is 54.7 Å². The molecule has 2 saturated heterocycles. The summed E-state index contributed by atoms with van der Waals surface area (Å²) in [6.45, 7) is 1.15. The lowest BCUT2D eigenvalue weighted by Gasteiger charge is -2.42. The third-order valence-corrected chi connectivity index (χ3v) is 7.56. The Morgan fingerprint density at radius 1 is 1.04 bits per heavy atom. The second kappa shape index (κ2) is 7.52. The van der Waals surface area contributed by atoms with Crippen molar-refractivity contribution in [1.29, 1.82) is 0 Å². The van der Waals surface area contributed by atoms with E-state index in [1.165, 1.54) is 4.31 Å². The Kier molecular flexibility index (Phi) is 5.07. The van der Waals surface area contributed by atoms with Gasteiger partial charge in [-0.05, 0) is 37.1 Å². The van der Waals surface area contributed by atoms with E-state index in [0.29, 0.717) is 39.0 Å². The number of sulfonamides is 1. The van der Waals surface area contributed by atoms with Crippen LogP contribution in [0, 0.1) is 0 Å². The van der Waals surface area contributed by atoms with Crippen LogP contribution in [0.5, 0.6) is 0 Å². The number of carbonyl (C=O) groups excluding carboxylic acids is 1. The molecule has 0 radical (unpaired) electrons. The van der Waals surface area contributed by atoms with Crippen molar-refractivity contribution in [3.8, 4) is 0 Å². The molecule has 0 unspecified atom stereocenters. The van der Waals surface area contributed by atoms with Gasteiger partial charge in [-0.2, -0.15) is 0 Å². The maximum absolute atomic E-state index is 12.8. The lowest BCUT2D eigenvalue weighted by molar-refractivity contribution is -0.124. The van der Waals surface area contributed by atoms with Crippen LogP contribution in [0.2, 0.25) is 0 Å². The summed E-state index contributed by atoms with van der Waals surface area (Å²) in [6, 6.07) is 15.3. The maximum Gasteiger partial charge on any atom is 0.247 e. The van der Waals surface area contributed by atoms with Gasteiger partial charge >= 0.3 is 0 Å². The molecular formula is C20H24N4O3S. The summed E-state index contributed by atoms with van der Waals surface area (Å²) in [5.41, 5.74) is 1.08. The molecule has 8 heteroatoms. The van der Waals surface area contributed by atoms with Gasteiger partial charge in [0.1, 0.15) is 5.54 Å². The lowest BCUT2D eigenvalue weighted by atomic mass is 9.86. The second-order valence-electron chi connectivity index (χ2n) is 7.25. The number of aryl methyl sites for hydroxylation is 1. The zero-order valence-corrected chi connectivity index (χ0v) is 16.4. The number of rotatable bonds is 5. The minimum absolute atomic E-state index is 0.0121. The normalized spacial score (nSPS) is 19.7. The summed E-state index contributed by atoms with van der Waals surface area (Å²) >= 11 is 0. The largest absolute Gasteiger partial charge is 0.339 e. The summed E-state index contributed by atoms with van der Waals surface area (Å²) < 4.78 is 27.1. The summed E-state index contributed by atoms with van der Waals surface area (Å²) in [5.74, 6) is 0.0212. The lowest BCUT2D eigenvalue weighted by Crippen LogP contribution is -2.57. The van der Waals surface area contributed by atoms with Gasteiger partial charge in [0, 0.05) is 37.1 Å². The highest BCUT2D eigenvalue weighted by Gasteiger charge is 2.51. The molecule has 0 atom stereocenters. The molecule has 2 fully saturated rings. The van der Waals surface area contributed by atoms with Crippen LogP contribution < -0.4 is 10.2 Å². The molecule has 0 saturated carbocycles. The molecule has 0 bridgehead atoms. The standard InChI is InChI=1S/C20H24N4O3S/c25-19-20(24(16-22-19)18-7-2-1-3-8-18)10-13-23(14-11-20)28(26,27)15-9-17-6-4-5-12-21-17/h1-8,12H,9-11,13-16H2,(H,22,25). The third-order valence-electron chi connectivity index (χ3n) is 5.69. The number of para-hydroxylation sites is 1. The highest BCUT2D eigenvalue weighted by molar-refractivity contribution is 7.89. The van der Waals surface area contributed by atoms with Crippen molar-refractivity contribution in [3.05, 3.63) is 60.4 Å². The maximum atomic E-state index is 12.8. The number of pyridine rings is 1. The molecule has 148 valence electrons. The fourth-order valence-corrected chi connectivity index (χ4v) is 5.54. The number of hydrogen-bond donors (Lipinski definition) is 1. The third kappa shape index (κ3) is 3.49. The first-order valence-electron chi connectivity index (χ1n) is 9.50. The minimum Gasteiger partial charge on any atom is -0.339 e. The van der Waals surface area contributed by atoms with Crippen molar-refractivity contribution >= 4 is 21.6 Å². The molecule has 2 aliphatic rings. The van der Waals surface area contributed by atoms with E-state index in [4.69, 9.17) is 0 Å². The van der Waals surface area contributed by atoms with E-state index in [2.05, 4.69) is 15.2 Å². The van der Waals surface area contributed by atoms with Gasteiger partial charge in [-0.1, -0.05) is 24.3 Å². The molecule has 1 aromatic carbocycles. The predicted octanol–water partition coefficient (Wildman–Crippen LogP) is 1.38. The van der Waals surface area contributed by atoms with Gasteiger partial charge in [-0.3, -0.25) is 9.78 Å². The Hall–Kier alpha value is -2.45. The summed E-state index contributed by atoms with van der Waals surface area (Å²) in [7, 11) is -3.38. The zero-order chi connectivity index (χ0) is 19.6. The quantitative estimate of drug-likeness (QED) is 0.820. The number of carbonyl (C=O) groups is 1. The highest BCUT2D eigenvalue weighted by atomic mass is 32.2. The SMILES string of the molecule is O=C1NCN(c2ccccc2)C12CCN(S(=O)(=O)CCc1ccccn1)CC2. The van der Waals surface area contributed by atoms with Crippen LogP contribution in [0.25, 0.3) is 0 Å². The van der Waals surface area contributed by atoms with E-state index >= 15 is 0 Å². The van der Waals surface area contributed by atoms with Crippen molar-refractivity contribution in [2.75, 3.05) is 30.4 Å². The van der Waals surface area contributed by atoms with E-state index in [9.17, 15) is 13.2 Å². The highest BCUT2D eigenvalue weighted by Crippen LogP contribution is 2.36. The molecule has 1 amide bonds. The van der Waals surface area contributed by atoms with E-state index in [-0.39, 0.29) is 11.7 Å². The monoisotopic (exact) mass is 400 g/mol. The number of piperidine rings is 1. The summed E-state index contributed by atoms with van der Waals surface area (Å²) in [4.78, 5) is 18.9. The van der Waals surface area contributed by atoms with Gasteiger partial charge in [0.25, 0.3) is 0 Å². The summed E-state index contributed by atoms with van der Waals surface area (Å²) in [6.07, 6.45) is 3.03.